The second-order valence-electron chi connectivity index (χ2n) is 10.6. The zero-order valence-corrected chi connectivity index (χ0v) is 22.2. The Hall–Kier alpha value is -3.53. The van der Waals surface area contributed by atoms with Crippen LogP contribution in [0.1, 0.15) is 52.9 Å². The number of thiophene rings is 1. The molecule has 0 spiro atoms. The van der Waals surface area contributed by atoms with Crippen molar-refractivity contribution in [3.05, 3.63) is 36.5 Å². The lowest BCUT2D eigenvalue weighted by molar-refractivity contribution is -0.126. The van der Waals surface area contributed by atoms with Gasteiger partial charge in [0.05, 0.1) is 10.6 Å². The maximum Gasteiger partial charge on any atom is 0.325 e. The van der Waals surface area contributed by atoms with E-state index in [0.717, 1.165) is 52.0 Å². The number of anilines is 2. The first-order valence-electron chi connectivity index (χ1n) is 12.7. The van der Waals surface area contributed by atoms with Gasteiger partial charge in [0, 0.05) is 35.1 Å². The molecule has 1 saturated carbocycles. The van der Waals surface area contributed by atoms with Crippen LogP contribution < -0.4 is 16.0 Å². The van der Waals surface area contributed by atoms with Gasteiger partial charge in [-0.2, -0.15) is 0 Å². The van der Waals surface area contributed by atoms with E-state index in [9.17, 15) is 14.4 Å². The molecule has 1 aliphatic carbocycles. The Bertz CT molecular complexity index is 1360. The minimum Gasteiger partial charge on any atom is -0.352 e. The van der Waals surface area contributed by atoms with Crippen molar-refractivity contribution in [2.45, 2.75) is 58.4 Å². The predicted molar refractivity (Wildman–Crippen MR) is 145 cm³/mol. The third-order valence-electron chi connectivity index (χ3n) is 7.50. The minimum absolute atomic E-state index is 0.104. The van der Waals surface area contributed by atoms with E-state index in [4.69, 9.17) is 0 Å². The molecule has 37 heavy (non-hydrogen) atoms. The molecule has 5 rings (SSSR count). The van der Waals surface area contributed by atoms with Gasteiger partial charge in [-0.3, -0.25) is 14.9 Å². The van der Waals surface area contributed by atoms with Crippen LogP contribution in [0.5, 0.6) is 0 Å². The molecule has 1 saturated heterocycles. The molecule has 10 heteroatoms. The molecule has 2 aliphatic rings. The van der Waals surface area contributed by atoms with Gasteiger partial charge in [0.1, 0.15) is 5.54 Å². The van der Waals surface area contributed by atoms with E-state index in [1.807, 2.05) is 24.3 Å². The SMILES string of the molecule is CC1(C(=O)Nc2ccc3sc(-c4ccnc(NCCN5C(=O)NC(=O)C5(C)C)n4)cc3c2)CCCCC1. The largest absolute Gasteiger partial charge is 0.352 e. The second-order valence-corrected chi connectivity index (χ2v) is 11.7. The first-order valence-corrected chi connectivity index (χ1v) is 13.5. The van der Waals surface area contributed by atoms with Crippen molar-refractivity contribution < 1.29 is 14.4 Å². The van der Waals surface area contributed by atoms with E-state index in [-0.39, 0.29) is 23.3 Å². The lowest BCUT2D eigenvalue weighted by atomic mass is 9.75. The van der Waals surface area contributed by atoms with Crippen molar-refractivity contribution >= 4 is 50.9 Å². The first kappa shape index (κ1) is 25.1. The summed E-state index contributed by atoms with van der Waals surface area (Å²) in [5.41, 5.74) is 0.422. The van der Waals surface area contributed by atoms with Crippen molar-refractivity contribution in [1.82, 2.24) is 20.2 Å². The highest BCUT2D eigenvalue weighted by atomic mass is 32.1. The Morgan fingerprint density at radius 2 is 1.89 bits per heavy atom. The van der Waals surface area contributed by atoms with E-state index in [1.54, 1.807) is 31.4 Å². The second kappa shape index (κ2) is 9.74. The standard InChI is InChI=1S/C27H32N6O3S/c1-26(2)22(34)32-25(36)33(26)14-13-29-24-28-12-9-19(31-24)21-16-17-15-18(7-8-20(17)37-21)30-23(35)27(3)10-5-4-6-11-27/h7-9,12,15-16H,4-6,10-11,13-14H2,1-3H3,(H,30,35)(H,28,29,31)(H,32,34,36). The highest BCUT2D eigenvalue weighted by Gasteiger charge is 2.45. The van der Waals surface area contributed by atoms with Gasteiger partial charge in [0.15, 0.2) is 0 Å². The lowest BCUT2D eigenvalue weighted by Crippen LogP contribution is -2.46. The van der Waals surface area contributed by atoms with Crippen molar-refractivity contribution in [3.63, 3.8) is 0 Å². The Morgan fingerprint density at radius 3 is 2.62 bits per heavy atom. The minimum atomic E-state index is -0.884. The Morgan fingerprint density at radius 1 is 1.11 bits per heavy atom. The van der Waals surface area contributed by atoms with E-state index in [0.29, 0.717) is 19.0 Å². The number of carbonyl (C=O) groups excluding carboxylic acids is 3. The number of aromatic nitrogens is 2. The van der Waals surface area contributed by atoms with Gasteiger partial charge in [-0.25, -0.2) is 14.8 Å². The van der Waals surface area contributed by atoms with E-state index >= 15 is 0 Å². The van der Waals surface area contributed by atoms with Gasteiger partial charge in [0.25, 0.3) is 5.91 Å². The fourth-order valence-corrected chi connectivity index (χ4v) is 6.04. The third kappa shape index (κ3) is 5.02. The summed E-state index contributed by atoms with van der Waals surface area (Å²) >= 11 is 1.63. The summed E-state index contributed by atoms with van der Waals surface area (Å²) in [4.78, 5) is 48.4. The average Bonchev–Trinajstić information content (AvgIpc) is 3.38. The van der Waals surface area contributed by atoms with Crippen molar-refractivity contribution in [2.24, 2.45) is 5.41 Å². The van der Waals surface area contributed by atoms with Gasteiger partial charge in [0.2, 0.25) is 11.9 Å². The Balaban J connectivity index is 1.26. The molecule has 2 aromatic heterocycles. The van der Waals surface area contributed by atoms with Crippen molar-refractivity contribution in [1.29, 1.82) is 0 Å². The number of urea groups is 1. The van der Waals surface area contributed by atoms with Crippen LogP contribution in [0.25, 0.3) is 20.7 Å². The number of rotatable bonds is 7. The summed E-state index contributed by atoms with van der Waals surface area (Å²) in [5.74, 6) is 0.256. The first-order chi connectivity index (χ1) is 17.7. The highest BCUT2D eigenvalue weighted by Crippen LogP contribution is 2.38. The number of carbonyl (C=O) groups is 3. The molecular formula is C27H32N6O3S. The molecule has 3 aromatic rings. The summed E-state index contributed by atoms with van der Waals surface area (Å²) in [6.07, 6.45) is 7.00. The molecule has 0 unspecified atom stereocenters. The van der Waals surface area contributed by atoms with E-state index in [1.165, 1.54) is 11.3 Å². The van der Waals surface area contributed by atoms with E-state index < -0.39 is 5.54 Å². The molecular weight excluding hydrogens is 488 g/mol. The maximum atomic E-state index is 13.0. The molecule has 3 heterocycles. The van der Waals surface area contributed by atoms with Crippen LogP contribution in [-0.2, 0) is 9.59 Å². The number of imide groups is 1. The smallest absolute Gasteiger partial charge is 0.325 e. The normalized spacial score (nSPS) is 18.6. The Labute approximate surface area is 220 Å². The summed E-state index contributed by atoms with van der Waals surface area (Å²) < 4.78 is 1.11. The summed E-state index contributed by atoms with van der Waals surface area (Å²) in [6, 6.07) is 9.56. The van der Waals surface area contributed by atoms with Crippen LogP contribution in [-0.4, -0.2) is 51.3 Å². The molecule has 2 fully saturated rings. The van der Waals surface area contributed by atoms with Crippen LogP contribution in [0.3, 0.4) is 0 Å². The van der Waals surface area contributed by atoms with Crippen LogP contribution >= 0.6 is 11.3 Å². The van der Waals surface area contributed by atoms with Crippen molar-refractivity contribution in [2.75, 3.05) is 23.7 Å². The fraction of sp³-hybridized carbons (Fsp3) is 0.444. The number of hydrogen-bond acceptors (Lipinski definition) is 7. The zero-order chi connectivity index (χ0) is 26.2. The summed E-state index contributed by atoms with van der Waals surface area (Å²) in [7, 11) is 0. The molecule has 3 N–H and O–H groups in total. The number of benzene rings is 1. The fourth-order valence-electron chi connectivity index (χ4n) is 5.02. The molecule has 194 valence electrons. The highest BCUT2D eigenvalue weighted by molar-refractivity contribution is 7.22. The number of fused-ring (bicyclic) bond motifs is 1. The van der Waals surface area contributed by atoms with Gasteiger partial charge in [-0.05, 0) is 62.4 Å². The molecule has 0 radical (unpaired) electrons. The van der Waals surface area contributed by atoms with Gasteiger partial charge < -0.3 is 15.5 Å². The van der Waals surface area contributed by atoms with Crippen LogP contribution in [0.15, 0.2) is 36.5 Å². The number of nitrogens with one attached hydrogen (secondary N) is 3. The van der Waals surface area contributed by atoms with Gasteiger partial charge in [-0.15, -0.1) is 11.3 Å². The van der Waals surface area contributed by atoms with Crippen LogP contribution in [0.4, 0.5) is 16.4 Å². The number of nitrogens with zero attached hydrogens (tertiary/aromatic N) is 3. The predicted octanol–water partition coefficient (Wildman–Crippen LogP) is 5.01. The summed E-state index contributed by atoms with van der Waals surface area (Å²) in [5, 5.41) is 9.69. The number of hydrogen-bond donors (Lipinski definition) is 3. The molecule has 1 aliphatic heterocycles. The average molecular weight is 521 g/mol. The van der Waals surface area contributed by atoms with E-state index in [2.05, 4.69) is 38.9 Å². The quantitative estimate of drug-likeness (QED) is 0.377. The molecule has 0 bridgehead atoms. The molecule has 9 nitrogen and oxygen atoms in total. The lowest BCUT2D eigenvalue weighted by Gasteiger charge is -2.32. The summed E-state index contributed by atoms with van der Waals surface area (Å²) in [6.45, 7) is 6.26. The van der Waals surface area contributed by atoms with Gasteiger partial charge >= 0.3 is 6.03 Å². The van der Waals surface area contributed by atoms with Crippen LogP contribution in [0, 0.1) is 5.41 Å². The Kier molecular flexibility index (Phi) is 6.61. The third-order valence-corrected chi connectivity index (χ3v) is 8.64. The molecule has 4 amide bonds. The van der Waals surface area contributed by atoms with Gasteiger partial charge in [-0.1, -0.05) is 26.2 Å². The monoisotopic (exact) mass is 520 g/mol. The topological polar surface area (TPSA) is 116 Å². The molecule has 0 atom stereocenters. The number of amides is 4. The molecule has 1 aromatic carbocycles. The van der Waals surface area contributed by atoms with Crippen LogP contribution in [0.2, 0.25) is 0 Å². The maximum absolute atomic E-state index is 13.0. The van der Waals surface area contributed by atoms with Crippen molar-refractivity contribution in [3.8, 4) is 10.6 Å². The zero-order valence-electron chi connectivity index (χ0n) is 21.4.